The van der Waals surface area contributed by atoms with Crippen molar-refractivity contribution in [2.75, 3.05) is 54.5 Å². The lowest BCUT2D eigenvalue weighted by Crippen LogP contribution is -2.46. The van der Waals surface area contributed by atoms with Crippen molar-refractivity contribution in [2.45, 2.75) is 38.9 Å². The van der Waals surface area contributed by atoms with Gasteiger partial charge in [0.2, 0.25) is 0 Å². The van der Waals surface area contributed by atoms with Crippen molar-refractivity contribution >= 4 is 29.9 Å². The van der Waals surface area contributed by atoms with Crippen LogP contribution >= 0.6 is 24.0 Å². The van der Waals surface area contributed by atoms with Crippen molar-refractivity contribution in [1.29, 1.82) is 0 Å². The minimum atomic E-state index is 0. The molecule has 1 aromatic carbocycles. The normalized spacial score (nSPS) is 17.4. The van der Waals surface area contributed by atoms with E-state index in [-0.39, 0.29) is 24.0 Å². The molecule has 0 amide bonds. The molecule has 0 aliphatic carbocycles. The molecule has 1 aliphatic heterocycles. The Morgan fingerprint density at radius 1 is 1.24 bits per heavy atom. The number of guanidine groups is 1. The maximum absolute atomic E-state index is 5.38. The van der Waals surface area contributed by atoms with E-state index in [0.29, 0.717) is 12.1 Å². The molecule has 166 valence electrons. The van der Waals surface area contributed by atoms with Crippen molar-refractivity contribution in [1.82, 2.24) is 20.4 Å². The third-order valence-electron chi connectivity index (χ3n) is 5.29. The van der Waals surface area contributed by atoms with Crippen molar-refractivity contribution < 1.29 is 9.47 Å². The zero-order valence-corrected chi connectivity index (χ0v) is 21.0. The van der Waals surface area contributed by atoms with Gasteiger partial charge in [0, 0.05) is 57.9 Å². The third-order valence-corrected chi connectivity index (χ3v) is 5.29. The van der Waals surface area contributed by atoms with Gasteiger partial charge in [-0.2, -0.15) is 0 Å². The second-order valence-electron chi connectivity index (χ2n) is 7.66. The number of hydrogen-bond acceptors (Lipinski definition) is 5. The average molecular weight is 519 g/mol. The number of hydrogen-bond donors (Lipinski definition) is 2. The fourth-order valence-corrected chi connectivity index (χ4v) is 3.31. The molecule has 2 rings (SSSR count). The number of benzene rings is 1. The number of rotatable bonds is 9. The average Bonchev–Trinajstić information content (AvgIpc) is 3.13. The van der Waals surface area contributed by atoms with Crippen LogP contribution in [-0.2, 0) is 6.54 Å². The topological polar surface area (TPSA) is 61.4 Å². The molecule has 1 fully saturated rings. The number of nitrogens with one attached hydrogen (secondary N) is 2. The molecule has 1 atom stereocenters. The summed E-state index contributed by atoms with van der Waals surface area (Å²) in [6.07, 6.45) is 1.10. The molecule has 0 saturated carbocycles. The highest BCUT2D eigenvalue weighted by Crippen LogP contribution is 2.24. The first-order chi connectivity index (χ1) is 13.4. The summed E-state index contributed by atoms with van der Waals surface area (Å²) < 4.78 is 10.8. The number of methoxy groups -OCH3 is 2. The Labute approximate surface area is 193 Å². The molecule has 1 aliphatic rings. The Hall–Kier alpha value is -1.26. The van der Waals surface area contributed by atoms with Crippen LogP contribution in [0, 0.1) is 0 Å². The lowest BCUT2D eigenvalue weighted by molar-refractivity contribution is 0.278. The molecule has 1 saturated heterocycles. The first kappa shape index (κ1) is 25.8. The number of aliphatic imine (C=N–C) groups is 1. The first-order valence-corrected chi connectivity index (χ1v) is 10.1. The molecule has 0 bridgehead atoms. The van der Waals surface area contributed by atoms with Crippen LogP contribution in [0.3, 0.4) is 0 Å². The summed E-state index contributed by atoms with van der Waals surface area (Å²) >= 11 is 0. The Bertz CT molecular complexity index is 619. The van der Waals surface area contributed by atoms with Crippen molar-refractivity contribution in [3.63, 3.8) is 0 Å². The highest BCUT2D eigenvalue weighted by atomic mass is 127. The number of nitrogens with zero attached hydrogens (tertiary/aromatic N) is 3. The Kier molecular flexibility index (Phi) is 11.7. The molecule has 1 heterocycles. The molecular formula is C21H38IN5O2. The van der Waals surface area contributed by atoms with Crippen LogP contribution in [0.25, 0.3) is 0 Å². The van der Waals surface area contributed by atoms with Crippen LogP contribution in [0.1, 0.15) is 25.8 Å². The van der Waals surface area contributed by atoms with Gasteiger partial charge in [0.05, 0.1) is 14.2 Å². The summed E-state index contributed by atoms with van der Waals surface area (Å²) in [6.45, 7) is 9.23. The number of ether oxygens (including phenoxy) is 2. The molecule has 0 aromatic heterocycles. The van der Waals surface area contributed by atoms with E-state index in [0.717, 1.165) is 56.6 Å². The fraction of sp³-hybridized carbons (Fsp3) is 0.667. The molecule has 1 unspecified atom stereocenters. The summed E-state index contributed by atoms with van der Waals surface area (Å²) in [5.41, 5.74) is 1.20. The van der Waals surface area contributed by atoms with E-state index in [4.69, 9.17) is 9.47 Å². The van der Waals surface area contributed by atoms with Crippen LogP contribution in [-0.4, -0.2) is 82.3 Å². The molecular weight excluding hydrogens is 481 g/mol. The maximum atomic E-state index is 5.38. The van der Waals surface area contributed by atoms with Crippen LogP contribution < -0.4 is 20.1 Å². The van der Waals surface area contributed by atoms with Gasteiger partial charge in [-0.25, -0.2) is 0 Å². The lowest BCUT2D eigenvalue weighted by Gasteiger charge is -2.23. The SMILES string of the molecule is CN=C(NCCN(C)C(C)C)NC1CCN(Cc2cc(OC)cc(OC)c2)C1.I. The highest BCUT2D eigenvalue weighted by molar-refractivity contribution is 14.0. The summed E-state index contributed by atoms with van der Waals surface area (Å²) in [4.78, 5) is 9.14. The van der Waals surface area contributed by atoms with Gasteiger partial charge in [-0.15, -0.1) is 24.0 Å². The van der Waals surface area contributed by atoms with Gasteiger partial charge >= 0.3 is 0 Å². The fourth-order valence-electron chi connectivity index (χ4n) is 3.31. The standard InChI is InChI=1S/C21H37N5O2.HI/c1-16(2)25(4)10-8-23-21(22-3)24-18-7-9-26(15-18)14-17-11-19(27-5)13-20(12-17)28-6;/h11-13,16,18H,7-10,14-15H2,1-6H3,(H2,22,23,24);1H. The highest BCUT2D eigenvalue weighted by Gasteiger charge is 2.23. The number of halogens is 1. The van der Waals surface area contributed by atoms with Gasteiger partial charge in [0.1, 0.15) is 11.5 Å². The Morgan fingerprint density at radius 2 is 1.90 bits per heavy atom. The Morgan fingerprint density at radius 3 is 2.45 bits per heavy atom. The largest absolute Gasteiger partial charge is 0.497 e. The molecule has 2 N–H and O–H groups in total. The summed E-state index contributed by atoms with van der Waals surface area (Å²) in [5.74, 6) is 2.55. The van der Waals surface area contributed by atoms with Crippen molar-refractivity contribution in [2.24, 2.45) is 4.99 Å². The summed E-state index contributed by atoms with van der Waals surface area (Å²) in [7, 11) is 7.35. The quantitative estimate of drug-likeness (QED) is 0.297. The van der Waals surface area contributed by atoms with E-state index in [1.807, 2.05) is 13.1 Å². The maximum Gasteiger partial charge on any atom is 0.191 e. The minimum Gasteiger partial charge on any atom is -0.497 e. The second-order valence-corrected chi connectivity index (χ2v) is 7.66. The van der Waals surface area contributed by atoms with Crippen LogP contribution in [0.2, 0.25) is 0 Å². The van der Waals surface area contributed by atoms with Gasteiger partial charge < -0.3 is 25.0 Å². The predicted octanol–water partition coefficient (Wildman–Crippen LogP) is 2.40. The zero-order valence-electron chi connectivity index (χ0n) is 18.7. The number of likely N-dealkylation sites (N-methyl/N-ethyl adjacent to an activating group) is 1. The van der Waals surface area contributed by atoms with Gasteiger partial charge in [-0.1, -0.05) is 0 Å². The zero-order chi connectivity index (χ0) is 20.5. The molecule has 0 radical (unpaired) electrons. The van der Waals surface area contributed by atoms with Crippen molar-refractivity contribution in [3.05, 3.63) is 23.8 Å². The van der Waals surface area contributed by atoms with E-state index in [2.05, 4.69) is 58.5 Å². The monoisotopic (exact) mass is 519 g/mol. The van der Waals surface area contributed by atoms with E-state index in [1.54, 1.807) is 14.2 Å². The van der Waals surface area contributed by atoms with E-state index in [9.17, 15) is 0 Å². The summed E-state index contributed by atoms with van der Waals surface area (Å²) in [5, 5.41) is 6.98. The van der Waals surface area contributed by atoms with E-state index < -0.39 is 0 Å². The van der Waals surface area contributed by atoms with Gasteiger partial charge in [0.15, 0.2) is 5.96 Å². The van der Waals surface area contributed by atoms with Crippen LogP contribution in [0.5, 0.6) is 11.5 Å². The van der Waals surface area contributed by atoms with E-state index in [1.165, 1.54) is 5.56 Å². The smallest absolute Gasteiger partial charge is 0.191 e. The molecule has 0 spiro atoms. The third kappa shape index (κ3) is 8.55. The Balaban J connectivity index is 0.00000420. The summed E-state index contributed by atoms with van der Waals surface area (Å²) in [6, 6.07) is 7.02. The number of likely N-dealkylation sites (tertiary alicyclic amines) is 1. The van der Waals surface area contributed by atoms with E-state index >= 15 is 0 Å². The predicted molar refractivity (Wildman–Crippen MR) is 131 cm³/mol. The second kappa shape index (κ2) is 13.1. The molecule has 1 aromatic rings. The van der Waals surface area contributed by atoms with Crippen LogP contribution in [0.4, 0.5) is 0 Å². The molecule has 7 nitrogen and oxygen atoms in total. The first-order valence-electron chi connectivity index (χ1n) is 10.1. The van der Waals surface area contributed by atoms with Gasteiger partial charge in [-0.05, 0) is 45.0 Å². The minimum absolute atomic E-state index is 0. The molecule has 8 heteroatoms. The van der Waals surface area contributed by atoms with Gasteiger partial charge in [0.25, 0.3) is 0 Å². The molecule has 29 heavy (non-hydrogen) atoms. The van der Waals surface area contributed by atoms with Gasteiger partial charge in [-0.3, -0.25) is 9.89 Å². The van der Waals surface area contributed by atoms with Crippen molar-refractivity contribution in [3.8, 4) is 11.5 Å². The van der Waals surface area contributed by atoms with Crippen LogP contribution in [0.15, 0.2) is 23.2 Å². The lowest BCUT2D eigenvalue weighted by atomic mass is 10.2.